The van der Waals surface area contributed by atoms with Crippen LogP contribution in [0.5, 0.6) is 0 Å². The van der Waals surface area contributed by atoms with E-state index in [0.29, 0.717) is 0 Å². The van der Waals surface area contributed by atoms with Crippen molar-refractivity contribution in [2.45, 2.75) is 32.4 Å². The maximum Gasteiger partial charge on any atom is 0.137 e. The molecule has 1 aliphatic rings. The SMILES string of the molecule is CC1C(F)C(C)C(F)C1F. The second-order valence-corrected chi connectivity index (χ2v) is 3.05. The largest absolute Gasteiger partial charge is 0.247 e. The summed E-state index contributed by atoms with van der Waals surface area (Å²) in [6.07, 6.45) is -4.53. The van der Waals surface area contributed by atoms with Crippen LogP contribution in [0.25, 0.3) is 0 Å². The molecule has 0 spiro atoms. The van der Waals surface area contributed by atoms with Crippen LogP contribution in [0.4, 0.5) is 13.2 Å². The normalized spacial score (nSPS) is 55.5. The van der Waals surface area contributed by atoms with Crippen molar-refractivity contribution in [2.75, 3.05) is 0 Å². The van der Waals surface area contributed by atoms with Gasteiger partial charge in [-0.25, -0.2) is 13.2 Å². The summed E-state index contributed by atoms with van der Waals surface area (Å²) in [6, 6.07) is 0. The Bertz CT molecular complexity index is 81.2. The summed E-state index contributed by atoms with van der Waals surface area (Å²) >= 11 is 0. The van der Waals surface area contributed by atoms with E-state index in [4.69, 9.17) is 0 Å². The summed E-state index contributed by atoms with van der Waals surface area (Å²) in [7, 11) is 0. The molecule has 0 heterocycles. The zero-order valence-corrected chi connectivity index (χ0v) is 6.02. The lowest BCUT2D eigenvalue weighted by atomic mass is 10.1. The quantitative estimate of drug-likeness (QED) is 0.499. The van der Waals surface area contributed by atoms with Crippen molar-refractivity contribution >= 4 is 0 Å². The average Bonchev–Trinajstić information content (AvgIpc) is 2.07. The Morgan fingerprint density at radius 2 is 1.00 bits per heavy atom. The number of alkyl halides is 3. The van der Waals surface area contributed by atoms with Crippen molar-refractivity contribution in [2.24, 2.45) is 11.8 Å². The minimum absolute atomic E-state index is 0.773. The molecule has 0 saturated heterocycles. The molecule has 1 aliphatic carbocycles. The van der Waals surface area contributed by atoms with Gasteiger partial charge in [0.05, 0.1) is 0 Å². The van der Waals surface area contributed by atoms with Gasteiger partial charge in [0.1, 0.15) is 18.5 Å². The van der Waals surface area contributed by atoms with Crippen molar-refractivity contribution in [1.82, 2.24) is 0 Å². The fraction of sp³-hybridized carbons (Fsp3) is 1.00. The van der Waals surface area contributed by atoms with Crippen LogP contribution in [0.2, 0.25) is 0 Å². The molecule has 0 nitrogen and oxygen atoms in total. The molecule has 0 bridgehead atoms. The lowest BCUT2D eigenvalue weighted by Crippen LogP contribution is -2.17. The molecule has 1 saturated carbocycles. The average molecular weight is 152 g/mol. The van der Waals surface area contributed by atoms with Gasteiger partial charge in [-0.15, -0.1) is 0 Å². The van der Waals surface area contributed by atoms with Crippen LogP contribution in [0, 0.1) is 11.8 Å². The van der Waals surface area contributed by atoms with Gasteiger partial charge in [0.2, 0.25) is 0 Å². The van der Waals surface area contributed by atoms with Crippen LogP contribution < -0.4 is 0 Å². The van der Waals surface area contributed by atoms with E-state index in [9.17, 15) is 13.2 Å². The molecule has 4 atom stereocenters. The Hall–Kier alpha value is -0.210. The predicted molar refractivity (Wildman–Crippen MR) is 33.0 cm³/mol. The van der Waals surface area contributed by atoms with Gasteiger partial charge in [-0.2, -0.15) is 0 Å². The number of hydrogen-bond donors (Lipinski definition) is 0. The van der Waals surface area contributed by atoms with Crippen LogP contribution in [-0.4, -0.2) is 18.5 Å². The van der Waals surface area contributed by atoms with Crippen molar-refractivity contribution in [3.63, 3.8) is 0 Å². The van der Waals surface area contributed by atoms with Crippen LogP contribution in [0.1, 0.15) is 13.8 Å². The fourth-order valence-electron chi connectivity index (χ4n) is 1.41. The zero-order chi connectivity index (χ0) is 7.89. The molecular weight excluding hydrogens is 141 g/mol. The lowest BCUT2D eigenvalue weighted by Gasteiger charge is -2.07. The molecule has 3 heteroatoms. The molecule has 0 aromatic carbocycles. The summed E-state index contributed by atoms with van der Waals surface area (Å²) in [4.78, 5) is 0. The molecule has 4 unspecified atom stereocenters. The molecule has 1 fully saturated rings. The van der Waals surface area contributed by atoms with Crippen LogP contribution in [0.15, 0.2) is 0 Å². The predicted octanol–water partition coefficient (Wildman–Crippen LogP) is 2.29. The highest BCUT2D eigenvalue weighted by Crippen LogP contribution is 2.37. The smallest absolute Gasteiger partial charge is 0.137 e. The summed E-state index contributed by atoms with van der Waals surface area (Å²) in [5.74, 6) is -1.55. The van der Waals surface area contributed by atoms with Gasteiger partial charge in [-0.05, 0) is 0 Å². The van der Waals surface area contributed by atoms with Gasteiger partial charge in [-0.1, -0.05) is 13.8 Å². The van der Waals surface area contributed by atoms with Gasteiger partial charge < -0.3 is 0 Å². The molecule has 10 heavy (non-hydrogen) atoms. The molecule has 0 aromatic rings. The third-order valence-electron chi connectivity index (χ3n) is 2.31. The Kier molecular flexibility index (Phi) is 1.92. The second kappa shape index (κ2) is 2.44. The molecule has 0 radical (unpaired) electrons. The first kappa shape index (κ1) is 7.89. The van der Waals surface area contributed by atoms with E-state index in [0.717, 1.165) is 0 Å². The maximum absolute atomic E-state index is 12.7. The van der Waals surface area contributed by atoms with E-state index in [-0.39, 0.29) is 0 Å². The molecule has 0 aliphatic heterocycles. The molecule has 0 aromatic heterocycles. The minimum atomic E-state index is -1.61. The number of halogens is 3. The van der Waals surface area contributed by atoms with E-state index in [2.05, 4.69) is 0 Å². The van der Waals surface area contributed by atoms with Crippen molar-refractivity contribution in [3.8, 4) is 0 Å². The van der Waals surface area contributed by atoms with Crippen LogP contribution in [0.3, 0.4) is 0 Å². The van der Waals surface area contributed by atoms with Gasteiger partial charge in [-0.3, -0.25) is 0 Å². The molecule has 1 rings (SSSR count). The van der Waals surface area contributed by atoms with Gasteiger partial charge in [0, 0.05) is 11.8 Å². The highest BCUT2D eigenvalue weighted by atomic mass is 19.2. The van der Waals surface area contributed by atoms with Crippen molar-refractivity contribution < 1.29 is 13.2 Å². The van der Waals surface area contributed by atoms with Crippen molar-refractivity contribution in [1.29, 1.82) is 0 Å². The van der Waals surface area contributed by atoms with E-state index in [1.54, 1.807) is 0 Å². The number of rotatable bonds is 0. The Labute approximate surface area is 58.4 Å². The van der Waals surface area contributed by atoms with Gasteiger partial charge >= 0.3 is 0 Å². The fourth-order valence-corrected chi connectivity index (χ4v) is 1.41. The Balaban J connectivity index is 2.68. The Morgan fingerprint density at radius 1 is 0.700 bits per heavy atom. The highest BCUT2D eigenvalue weighted by Gasteiger charge is 2.47. The first-order chi connectivity index (χ1) is 4.55. The zero-order valence-electron chi connectivity index (χ0n) is 6.02. The van der Waals surface area contributed by atoms with E-state index in [1.165, 1.54) is 13.8 Å². The van der Waals surface area contributed by atoms with Crippen LogP contribution >= 0.6 is 0 Å². The second-order valence-electron chi connectivity index (χ2n) is 3.05. The summed E-state index contributed by atoms with van der Waals surface area (Å²) in [6.45, 7) is 2.82. The molecular formula is C7H11F3. The molecule has 0 amide bonds. The summed E-state index contributed by atoms with van der Waals surface area (Å²) in [5.41, 5.74) is 0. The first-order valence-corrected chi connectivity index (χ1v) is 3.48. The molecule has 60 valence electrons. The third kappa shape index (κ3) is 0.917. The molecule has 0 N–H and O–H groups in total. The Morgan fingerprint density at radius 3 is 1.10 bits per heavy atom. The highest BCUT2D eigenvalue weighted by molar-refractivity contribution is 4.94. The van der Waals surface area contributed by atoms with Gasteiger partial charge in [0.15, 0.2) is 0 Å². The summed E-state index contributed by atoms with van der Waals surface area (Å²) < 4.78 is 37.9. The standard InChI is InChI=1S/C7H11F3/c1-3-5(8)4(2)7(10)6(3)9/h3-7H,1-2H3. The minimum Gasteiger partial charge on any atom is -0.247 e. The topological polar surface area (TPSA) is 0 Å². The third-order valence-corrected chi connectivity index (χ3v) is 2.31. The summed E-state index contributed by atoms with van der Waals surface area (Å²) in [5, 5.41) is 0. The lowest BCUT2D eigenvalue weighted by molar-refractivity contribution is 0.150. The maximum atomic E-state index is 12.7. The van der Waals surface area contributed by atoms with E-state index in [1.807, 2.05) is 0 Å². The van der Waals surface area contributed by atoms with Crippen molar-refractivity contribution in [3.05, 3.63) is 0 Å². The monoisotopic (exact) mass is 152 g/mol. The van der Waals surface area contributed by atoms with Gasteiger partial charge in [0.25, 0.3) is 0 Å². The van der Waals surface area contributed by atoms with E-state index >= 15 is 0 Å². The number of hydrogen-bond acceptors (Lipinski definition) is 0. The van der Waals surface area contributed by atoms with E-state index < -0.39 is 30.4 Å². The van der Waals surface area contributed by atoms with Crippen LogP contribution in [-0.2, 0) is 0 Å². The first-order valence-electron chi connectivity index (χ1n) is 3.48.